The molecule has 1 fully saturated rings. The fourth-order valence-electron chi connectivity index (χ4n) is 3.75. The van der Waals surface area contributed by atoms with E-state index in [4.69, 9.17) is 0 Å². The molecule has 0 spiro atoms. The first-order valence-corrected chi connectivity index (χ1v) is 10.7. The third kappa shape index (κ3) is 12.1. The second-order valence-corrected chi connectivity index (χ2v) is 7.76. The molecule has 0 aromatic rings. The third-order valence-electron chi connectivity index (χ3n) is 5.37. The number of carboxylic acid groups (broad SMARTS) is 1. The number of rotatable bonds is 15. The van der Waals surface area contributed by atoms with E-state index in [1.54, 1.807) is 0 Å². The zero-order valence-electron chi connectivity index (χ0n) is 17.6. The second-order valence-electron chi connectivity index (χ2n) is 7.76. The molecule has 1 N–H and O–H groups in total. The molecule has 0 aromatic heterocycles. The molecule has 1 amide bonds. The maximum atomic E-state index is 12.1. The van der Waals surface area contributed by atoms with Gasteiger partial charge in [-0.15, -0.1) is 0 Å². The number of aliphatic hydroxyl groups excluding tert-OH is 1. The number of nitrogens with zero attached hydrogens (tertiary/aromatic N) is 1. The number of hydrogen-bond acceptors (Lipinski definition) is 4. The van der Waals surface area contributed by atoms with E-state index in [-0.39, 0.29) is 48.4 Å². The van der Waals surface area contributed by atoms with E-state index in [1.165, 1.54) is 69.1 Å². The summed E-state index contributed by atoms with van der Waals surface area (Å²) in [6.07, 6.45) is 16.0. The van der Waals surface area contributed by atoms with Crippen molar-refractivity contribution in [1.82, 2.24) is 4.90 Å². The number of β-amino-alcohol motifs (C(OH)–C–C–N with tert-alkyl or cyclic N) is 1. The molecule has 1 aliphatic heterocycles. The Morgan fingerprint density at radius 1 is 0.889 bits per heavy atom. The third-order valence-corrected chi connectivity index (χ3v) is 5.37. The monoisotopic (exact) mass is 391 g/mol. The first-order chi connectivity index (χ1) is 12.6. The van der Waals surface area contributed by atoms with Crippen LogP contribution in [0.3, 0.4) is 0 Å². The maximum Gasteiger partial charge on any atom is 1.00 e. The second kappa shape index (κ2) is 16.8. The molecular formula is C21H38NNaO4. The molecule has 152 valence electrons. The van der Waals surface area contributed by atoms with Crippen LogP contribution in [0.5, 0.6) is 0 Å². The van der Waals surface area contributed by atoms with Crippen LogP contribution in [-0.2, 0) is 9.59 Å². The number of unbranched alkanes of at least 4 members (excludes halogenated alkanes) is 12. The topological polar surface area (TPSA) is 80.7 Å². The number of likely N-dealkylation sites (tertiary alicyclic amines) is 1. The van der Waals surface area contributed by atoms with Crippen molar-refractivity contribution >= 4 is 11.9 Å². The van der Waals surface area contributed by atoms with Gasteiger partial charge in [-0.05, 0) is 6.42 Å². The summed E-state index contributed by atoms with van der Waals surface area (Å²) in [5.41, 5.74) is 0. The van der Waals surface area contributed by atoms with Crippen molar-refractivity contribution in [2.45, 2.75) is 115 Å². The van der Waals surface area contributed by atoms with Crippen molar-refractivity contribution < 1.29 is 49.4 Å². The van der Waals surface area contributed by atoms with Gasteiger partial charge in [-0.2, -0.15) is 0 Å². The Labute approximate surface area is 187 Å². The smallest absolute Gasteiger partial charge is 0.548 e. The van der Waals surface area contributed by atoms with Crippen molar-refractivity contribution in [1.29, 1.82) is 0 Å². The summed E-state index contributed by atoms with van der Waals surface area (Å²) in [6.45, 7) is 2.37. The van der Waals surface area contributed by atoms with Crippen molar-refractivity contribution in [2.75, 3.05) is 6.54 Å². The molecule has 0 aromatic carbocycles. The van der Waals surface area contributed by atoms with E-state index < -0.39 is 18.1 Å². The Morgan fingerprint density at radius 2 is 1.33 bits per heavy atom. The molecule has 0 unspecified atom stereocenters. The van der Waals surface area contributed by atoms with Gasteiger partial charge in [0.2, 0.25) is 5.91 Å². The molecule has 27 heavy (non-hydrogen) atoms. The number of amides is 1. The van der Waals surface area contributed by atoms with Crippen LogP contribution in [0, 0.1) is 0 Å². The predicted molar refractivity (Wildman–Crippen MR) is 101 cm³/mol. The van der Waals surface area contributed by atoms with E-state index in [0.29, 0.717) is 6.42 Å². The van der Waals surface area contributed by atoms with E-state index in [1.807, 2.05) is 0 Å². The molecule has 0 aliphatic carbocycles. The Hall–Kier alpha value is -0.100. The first kappa shape index (κ1) is 26.9. The number of carbonyl (C=O) groups excluding carboxylic acids is 2. The molecule has 5 nitrogen and oxygen atoms in total. The average molecular weight is 392 g/mol. The molecule has 2 atom stereocenters. The van der Waals surface area contributed by atoms with Crippen LogP contribution in [0.1, 0.15) is 103 Å². The van der Waals surface area contributed by atoms with Crippen LogP contribution in [0.4, 0.5) is 0 Å². The molecule has 1 rings (SSSR count). The van der Waals surface area contributed by atoms with Crippen molar-refractivity contribution in [2.24, 2.45) is 0 Å². The Kier molecular flexibility index (Phi) is 16.8. The molecule has 0 bridgehead atoms. The van der Waals surface area contributed by atoms with E-state index in [2.05, 4.69) is 6.92 Å². The molecule has 1 heterocycles. The van der Waals surface area contributed by atoms with Crippen LogP contribution in [0.25, 0.3) is 0 Å². The van der Waals surface area contributed by atoms with Gasteiger partial charge >= 0.3 is 29.6 Å². The van der Waals surface area contributed by atoms with Crippen molar-refractivity contribution in [3.8, 4) is 0 Å². The summed E-state index contributed by atoms with van der Waals surface area (Å²) in [7, 11) is 0. The fraction of sp³-hybridized carbons (Fsp3) is 0.905. The molecular weight excluding hydrogens is 353 g/mol. The maximum absolute atomic E-state index is 12.1. The van der Waals surface area contributed by atoms with Crippen molar-refractivity contribution in [3.05, 3.63) is 0 Å². The SMILES string of the molecule is CCCCCCCCCCCCCCCC(=O)N1C[C@H](O)C[C@H]1C(=O)[O-].[Na+]. The van der Waals surface area contributed by atoms with Gasteiger partial charge in [0.05, 0.1) is 18.1 Å². The van der Waals surface area contributed by atoms with Gasteiger partial charge in [0.25, 0.3) is 0 Å². The van der Waals surface area contributed by atoms with Gasteiger partial charge in [-0.25, -0.2) is 0 Å². The molecule has 0 radical (unpaired) electrons. The summed E-state index contributed by atoms with van der Waals surface area (Å²) in [5, 5.41) is 20.6. The van der Waals surface area contributed by atoms with Gasteiger partial charge in [-0.3, -0.25) is 4.79 Å². The molecule has 1 aliphatic rings. The van der Waals surface area contributed by atoms with Crippen LogP contribution < -0.4 is 34.7 Å². The van der Waals surface area contributed by atoms with Gasteiger partial charge in [0.1, 0.15) is 0 Å². The first-order valence-electron chi connectivity index (χ1n) is 10.7. The zero-order chi connectivity index (χ0) is 19.2. The minimum Gasteiger partial charge on any atom is -0.548 e. The Morgan fingerprint density at radius 3 is 1.78 bits per heavy atom. The number of aliphatic hydroxyl groups is 1. The number of aliphatic carboxylic acids is 1. The summed E-state index contributed by atoms with van der Waals surface area (Å²) >= 11 is 0. The van der Waals surface area contributed by atoms with Gasteiger partial charge in [0.15, 0.2) is 0 Å². The van der Waals surface area contributed by atoms with Crippen LogP contribution in [0.2, 0.25) is 0 Å². The molecule has 1 saturated heterocycles. The van der Waals surface area contributed by atoms with Gasteiger partial charge in [0, 0.05) is 19.4 Å². The molecule has 0 saturated carbocycles. The Balaban J connectivity index is 0.00000676. The van der Waals surface area contributed by atoms with E-state index in [9.17, 15) is 19.8 Å². The minimum absolute atomic E-state index is 0. The summed E-state index contributed by atoms with van der Waals surface area (Å²) in [4.78, 5) is 24.4. The van der Waals surface area contributed by atoms with Crippen LogP contribution in [-0.4, -0.2) is 40.6 Å². The quantitative estimate of drug-likeness (QED) is 0.319. The zero-order valence-corrected chi connectivity index (χ0v) is 19.6. The van der Waals surface area contributed by atoms with Crippen LogP contribution >= 0.6 is 0 Å². The summed E-state index contributed by atoms with van der Waals surface area (Å²) in [6, 6.07) is -0.959. The van der Waals surface area contributed by atoms with Gasteiger partial charge in [-0.1, -0.05) is 84.0 Å². The summed E-state index contributed by atoms with van der Waals surface area (Å²) < 4.78 is 0. The largest absolute Gasteiger partial charge is 1.00 e. The standard InChI is InChI=1S/C21H39NO4.Na/c1-2-3-4-5-6-7-8-9-10-11-12-13-14-15-20(24)22-17-18(23)16-19(22)21(25)26;/h18-19,23H,2-17H2,1H3,(H,25,26);/q;+1/p-1/t18-,19+;/m1./s1. The van der Waals surface area contributed by atoms with Crippen LogP contribution in [0.15, 0.2) is 0 Å². The van der Waals surface area contributed by atoms with Crippen molar-refractivity contribution in [3.63, 3.8) is 0 Å². The number of carbonyl (C=O) groups is 2. The number of carboxylic acids is 1. The summed E-state index contributed by atoms with van der Waals surface area (Å²) in [5.74, 6) is -1.43. The fourth-order valence-corrected chi connectivity index (χ4v) is 3.75. The van der Waals surface area contributed by atoms with E-state index in [0.717, 1.165) is 19.3 Å². The number of hydrogen-bond donors (Lipinski definition) is 1. The molecule has 6 heteroatoms. The predicted octanol–water partition coefficient (Wildman–Crippen LogP) is 0.183. The Bertz CT molecular complexity index is 406. The minimum atomic E-state index is -1.26. The average Bonchev–Trinajstić information content (AvgIpc) is 3.01. The van der Waals surface area contributed by atoms with Gasteiger partial charge < -0.3 is 19.9 Å². The van der Waals surface area contributed by atoms with E-state index >= 15 is 0 Å². The normalized spacial score (nSPS) is 19.1.